The fraction of sp³-hybridized carbons (Fsp3) is 0.400. The van der Waals surface area contributed by atoms with E-state index in [0.717, 1.165) is 60.8 Å². The number of piperazine rings is 1. The van der Waals surface area contributed by atoms with Crippen molar-refractivity contribution in [3.05, 3.63) is 95.3 Å². The zero-order valence-corrected chi connectivity index (χ0v) is 36.4. The van der Waals surface area contributed by atoms with Crippen molar-refractivity contribution < 1.29 is 32.0 Å². The lowest BCUT2D eigenvalue weighted by Crippen LogP contribution is -2.50. The Morgan fingerprint density at radius 3 is 2.37 bits per heavy atom. The Balaban J connectivity index is 0.831. The number of rotatable bonds is 14. The van der Waals surface area contributed by atoms with Crippen LogP contribution in [0.15, 0.2) is 67.3 Å². The van der Waals surface area contributed by atoms with E-state index in [-0.39, 0.29) is 64.8 Å². The summed E-state index contributed by atoms with van der Waals surface area (Å²) in [7, 11) is -2.49. The number of benzene rings is 2. The summed E-state index contributed by atoms with van der Waals surface area (Å²) in [5.41, 5.74) is 3.93. The Labute approximate surface area is 365 Å². The number of likely N-dealkylation sites (tertiary alicyclic amines) is 1. The maximum Gasteiger partial charge on any atom is 0.301 e. The number of halogens is 1. The molecule has 0 radical (unpaired) electrons. The number of Topliss-reactive ketones (excluding diaryl/α,β-unsaturated/α-hetero) is 2. The Morgan fingerprint density at radius 2 is 1.67 bits per heavy atom. The predicted molar refractivity (Wildman–Crippen MR) is 237 cm³/mol. The van der Waals surface area contributed by atoms with E-state index < -0.39 is 21.8 Å². The van der Waals surface area contributed by atoms with Crippen LogP contribution in [0.3, 0.4) is 0 Å². The minimum absolute atomic E-state index is 0.00165. The maximum absolute atomic E-state index is 15.3. The number of fused-ring (bicyclic) bond motifs is 1. The third kappa shape index (κ3) is 9.47. The first-order chi connectivity index (χ1) is 30.3. The molecule has 0 bridgehead atoms. The zero-order chi connectivity index (χ0) is 44.4. The smallest absolute Gasteiger partial charge is 0.301 e. The van der Waals surface area contributed by atoms with Crippen LogP contribution >= 0.6 is 0 Å². The highest BCUT2D eigenvalue weighted by atomic mass is 32.2. The molecular weight excluding hydrogens is 828 g/mol. The number of anilines is 3. The van der Waals surface area contributed by atoms with E-state index in [9.17, 15) is 27.6 Å². The quantitative estimate of drug-likeness (QED) is 0.101. The summed E-state index contributed by atoms with van der Waals surface area (Å²) in [5, 5.41) is 3.73. The first kappa shape index (κ1) is 43.5. The van der Waals surface area contributed by atoms with Crippen molar-refractivity contribution in [3.63, 3.8) is 0 Å². The normalized spacial score (nSPS) is 19.0. The zero-order valence-electron chi connectivity index (χ0n) is 35.6. The molecule has 0 spiro atoms. The van der Waals surface area contributed by atoms with Crippen LogP contribution in [0.4, 0.5) is 21.7 Å². The molecule has 330 valence electrons. The number of hydrogen-bond donors (Lipinski definition) is 3. The van der Waals surface area contributed by atoms with Gasteiger partial charge < -0.3 is 20.1 Å². The molecule has 2 saturated heterocycles. The van der Waals surface area contributed by atoms with Crippen LogP contribution in [0, 0.1) is 12.7 Å². The van der Waals surface area contributed by atoms with Gasteiger partial charge in [-0.1, -0.05) is 19.1 Å². The number of carbonyl (C=O) groups excluding carboxylic acids is 4. The van der Waals surface area contributed by atoms with Crippen LogP contribution in [-0.2, 0) is 24.6 Å². The van der Waals surface area contributed by atoms with Crippen molar-refractivity contribution in [2.24, 2.45) is 0 Å². The van der Waals surface area contributed by atoms with Crippen LogP contribution in [-0.4, -0.2) is 131 Å². The third-order valence-electron chi connectivity index (χ3n) is 12.5. The van der Waals surface area contributed by atoms with Crippen LogP contribution in [0.2, 0.25) is 0 Å². The number of hydrogen-bond acceptors (Lipinski definition) is 12. The third-order valence-corrected chi connectivity index (χ3v) is 14.1. The van der Waals surface area contributed by atoms with Gasteiger partial charge in [0, 0.05) is 125 Å². The lowest BCUT2D eigenvalue weighted by Gasteiger charge is -2.37. The molecule has 18 heteroatoms. The van der Waals surface area contributed by atoms with Crippen molar-refractivity contribution in [2.75, 3.05) is 74.3 Å². The molecule has 5 aromatic rings. The lowest BCUT2D eigenvalue weighted by molar-refractivity contribution is -0.134. The standard InChI is InChI=1S/C45H51FN10O6S/c1-4-53(3)63(61,62)52-38-12-10-37(46)42(28(38)2)43(60)36-27-48-44-35(36)21-31(24-47-44)32-25-49-45(50-26-32)56-19-16-54(17-20-56)15-18-55-14-13-30(22-41(55)59)29-5-7-33(8-6-29)51-39-11-9-34(57)23-40(39)58/h5-8,10,12,21,24-27,30,39,51-52H,4,9,11,13-20,22-23H2,1-3H3,(H,47,48). The number of carbonyl (C=O) groups is 4. The average molecular weight is 879 g/mol. The molecule has 2 atom stereocenters. The van der Waals surface area contributed by atoms with Crippen LogP contribution in [0.25, 0.3) is 22.2 Å². The number of nitrogens with one attached hydrogen (secondary N) is 3. The summed E-state index contributed by atoms with van der Waals surface area (Å²) in [5.74, 6) is -0.547. The van der Waals surface area contributed by atoms with Crippen molar-refractivity contribution in [1.29, 1.82) is 0 Å². The highest BCUT2D eigenvalue weighted by Crippen LogP contribution is 2.32. The highest BCUT2D eigenvalue weighted by Gasteiger charge is 2.30. The molecule has 16 nitrogen and oxygen atoms in total. The lowest BCUT2D eigenvalue weighted by atomic mass is 9.88. The van der Waals surface area contributed by atoms with Gasteiger partial charge in [-0.2, -0.15) is 12.7 Å². The summed E-state index contributed by atoms with van der Waals surface area (Å²) in [6, 6.07) is 11.8. The SMILES string of the molecule is CCN(C)S(=O)(=O)Nc1ccc(F)c(C(=O)c2c[nH]c3ncc(-c4cnc(N5CCN(CCN6CCC(c7ccc(NC8CCC(=O)CC8=O)cc7)CC6=O)CC5)nc4)cc23)c1C. The van der Waals surface area contributed by atoms with E-state index in [1.807, 2.05) is 29.2 Å². The van der Waals surface area contributed by atoms with E-state index in [2.05, 4.69) is 39.8 Å². The minimum Gasteiger partial charge on any atom is -0.375 e. The molecule has 2 aliphatic heterocycles. The van der Waals surface area contributed by atoms with Crippen molar-refractivity contribution in [1.82, 2.24) is 34.0 Å². The Kier molecular flexibility index (Phi) is 12.7. The monoisotopic (exact) mass is 878 g/mol. The molecule has 3 aliphatic rings. The van der Waals surface area contributed by atoms with Gasteiger partial charge >= 0.3 is 10.2 Å². The van der Waals surface area contributed by atoms with Gasteiger partial charge in [-0.15, -0.1) is 0 Å². The van der Waals surface area contributed by atoms with Crippen LogP contribution < -0.4 is 14.9 Å². The number of ketones is 3. The van der Waals surface area contributed by atoms with Crippen LogP contribution in [0.5, 0.6) is 0 Å². The largest absolute Gasteiger partial charge is 0.375 e. The molecule has 3 N–H and O–H groups in total. The maximum atomic E-state index is 15.3. The molecule has 1 saturated carbocycles. The Hall–Kier alpha value is -6.11. The molecular formula is C45H51FN10O6S. The number of H-pyrrole nitrogens is 1. The second kappa shape index (κ2) is 18.3. The van der Waals surface area contributed by atoms with Gasteiger partial charge in [0.1, 0.15) is 17.2 Å². The van der Waals surface area contributed by atoms with E-state index in [0.29, 0.717) is 60.5 Å². The first-order valence-electron chi connectivity index (χ1n) is 21.3. The van der Waals surface area contributed by atoms with Gasteiger partial charge in [-0.25, -0.2) is 19.3 Å². The Bertz CT molecular complexity index is 2650. The molecule has 2 aromatic carbocycles. The number of aromatic nitrogens is 4. The first-order valence-corrected chi connectivity index (χ1v) is 22.8. The number of nitrogens with zero attached hydrogens (tertiary/aromatic N) is 7. The van der Waals surface area contributed by atoms with Crippen molar-refractivity contribution in [2.45, 2.75) is 57.9 Å². The summed E-state index contributed by atoms with van der Waals surface area (Å²) in [6.45, 7) is 8.62. The topological polar surface area (TPSA) is 194 Å². The molecule has 3 fully saturated rings. The number of amides is 1. The fourth-order valence-corrected chi connectivity index (χ4v) is 9.48. The molecule has 1 aliphatic carbocycles. The molecule has 3 aromatic heterocycles. The second-order valence-corrected chi connectivity index (χ2v) is 18.3. The van der Waals surface area contributed by atoms with Gasteiger partial charge in [-0.05, 0) is 67.1 Å². The summed E-state index contributed by atoms with van der Waals surface area (Å²) >= 11 is 0. The van der Waals surface area contributed by atoms with Gasteiger partial charge in [0.25, 0.3) is 0 Å². The van der Waals surface area contributed by atoms with Crippen molar-refractivity contribution >= 4 is 61.8 Å². The molecule has 5 heterocycles. The van der Waals surface area contributed by atoms with Gasteiger partial charge in [0.15, 0.2) is 11.6 Å². The summed E-state index contributed by atoms with van der Waals surface area (Å²) in [6.07, 6.45) is 8.84. The van der Waals surface area contributed by atoms with Crippen molar-refractivity contribution in [3.8, 4) is 11.1 Å². The fourth-order valence-electron chi connectivity index (χ4n) is 8.48. The number of aromatic amines is 1. The van der Waals surface area contributed by atoms with E-state index in [4.69, 9.17) is 0 Å². The molecule has 63 heavy (non-hydrogen) atoms. The van der Waals surface area contributed by atoms with Gasteiger partial charge in [-0.3, -0.25) is 28.8 Å². The predicted octanol–water partition coefficient (Wildman–Crippen LogP) is 4.94. The molecule has 8 rings (SSSR count). The number of pyridine rings is 1. The summed E-state index contributed by atoms with van der Waals surface area (Å²) in [4.78, 5) is 74.1. The van der Waals surface area contributed by atoms with E-state index in [1.165, 1.54) is 26.2 Å². The minimum atomic E-state index is -3.91. The van der Waals surface area contributed by atoms with E-state index >= 15 is 4.39 Å². The van der Waals surface area contributed by atoms with Crippen LogP contribution in [0.1, 0.15) is 72.0 Å². The molecule has 1 amide bonds. The molecule has 2 unspecified atom stereocenters. The van der Waals surface area contributed by atoms with Gasteiger partial charge in [0.2, 0.25) is 11.9 Å². The average Bonchev–Trinajstić information content (AvgIpc) is 3.71. The Morgan fingerprint density at radius 1 is 0.937 bits per heavy atom. The van der Waals surface area contributed by atoms with E-state index in [1.54, 1.807) is 31.6 Å². The summed E-state index contributed by atoms with van der Waals surface area (Å²) < 4.78 is 44.2. The second-order valence-electron chi connectivity index (χ2n) is 16.5. The van der Waals surface area contributed by atoms with Gasteiger partial charge in [0.05, 0.1) is 23.7 Å². The number of piperidine rings is 1. The highest BCUT2D eigenvalue weighted by molar-refractivity contribution is 7.90.